The van der Waals surface area contributed by atoms with Crippen LogP contribution in [0.1, 0.15) is 15.9 Å². The number of benzene rings is 2. The van der Waals surface area contributed by atoms with Crippen molar-refractivity contribution in [1.82, 2.24) is 0 Å². The average molecular weight is 413 g/mol. The predicted octanol–water partition coefficient (Wildman–Crippen LogP) is 3.33. The summed E-state index contributed by atoms with van der Waals surface area (Å²) in [6.45, 7) is 0.250. The molecule has 2 aromatic carbocycles. The van der Waals surface area contributed by atoms with Gasteiger partial charge < -0.3 is 25.3 Å². The Morgan fingerprint density at radius 3 is 2.24 bits per heavy atom. The molecule has 2 aromatic rings. The standard InChI is InChI=1S/C17H18BrFN2O4/c1-23-13-7-15(25-3)14(24-2)4-9(13)8-21-12-6-10(18)5-11(19)16(12)17(20)22/h4-7,21H,8H2,1-3H3,(H2,20,22). The summed E-state index contributed by atoms with van der Waals surface area (Å²) in [7, 11) is 4.58. The fourth-order valence-corrected chi connectivity index (χ4v) is 2.81. The van der Waals surface area contributed by atoms with E-state index in [0.29, 0.717) is 21.7 Å². The van der Waals surface area contributed by atoms with Gasteiger partial charge in [-0.15, -0.1) is 0 Å². The second-order valence-electron chi connectivity index (χ2n) is 5.05. The molecule has 6 nitrogen and oxygen atoms in total. The number of amides is 1. The van der Waals surface area contributed by atoms with Crippen molar-refractivity contribution in [2.45, 2.75) is 6.54 Å². The lowest BCUT2D eigenvalue weighted by molar-refractivity contribution is 0.0997. The van der Waals surface area contributed by atoms with Gasteiger partial charge in [-0.05, 0) is 18.2 Å². The Bertz CT molecular complexity index is 799. The zero-order valence-electron chi connectivity index (χ0n) is 14.0. The van der Waals surface area contributed by atoms with Crippen LogP contribution in [0.3, 0.4) is 0 Å². The molecule has 0 aromatic heterocycles. The van der Waals surface area contributed by atoms with Crippen molar-refractivity contribution in [3.05, 3.63) is 45.7 Å². The Balaban J connectivity index is 2.37. The minimum Gasteiger partial charge on any atom is -0.496 e. The van der Waals surface area contributed by atoms with E-state index in [2.05, 4.69) is 21.2 Å². The zero-order chi connectivity index (χ0) is 18.6. The number of hydrogen-bond acceptors (Lipinski definition) is 5. The summed E-state index contributed by atoms with van der Waals surface area (Å²) in [6, 6.07) is 6.19. The lowest BCUT2D eigenvalue weighted by Crippen LogP contribution is -2.17. The number of nitrogens with one attached hydrogen (secondary N) is 1. The van der Waals surface area contributed by atoms with Crippen molar-refractivity contribution in [3.8, 4) is 17.2 Å². The Labute approximate surface area is 153 Å². The molecule has 2 rings (SSSR count). The van der Waals surface area contributed by atoms with Gasteiger partial charge in [-0.1, -0.05) is 15.9 Å². The molecular weight excluding hydrogens is 395 g/mol. The van der Waals surface area contributed by atoms with Gasteiger partial charge in [0.05, 0.1) is 32.6 Å². The van der Waals surface area contributed by atoms with Crippen LogP contribution in [0, 0.1) is 5.82 Å². The third-order valence-corrected chi connectivity index (χ3v) is 4.02. The van der Waals surface area contributed by atoms with E-state index in [-0.39, 0.29) is 17.8 Å². The third-order valence-electron chi connectivity index (χ3n) is 3.56. The molecule has 0 radical (unpaired) electrons. The van der Waals surface area contributed by atoms with E-state index in [1.165, 1.54) is 27.4 Å². The van der Waals surface area contributed by atoms with Gasteiger partial charge in [0.2, 0.25) is 0 Å². The smallest absolute Gasteiger partial charge is 0.253 e. The van der Waals surface area contributed by atoms with Crippen LogP contribution in [-0.4, -0.2) is 27.2 Å². The predicted molar refractivity (Wildman–Crippen MR) is 96.0 cm³/mol. The van der Waals surface area contributed by atoms with E-state index in [1.807, 2.05) is 0 Å². The Hall–Kier alpha value is -2.48. The molecule has 0 bridgehead atoms. The SMILES string of the molecule is COc1cc(OC)c(OC)cc1CNc1cc(Br)cc(F)c1C(N)=O. The molecule has 0 heterocycles. The van der Waals surface area contributed by atoms with E-state index in [9.17, 15) is 9.18 Å². The Morgan fingerprint density at radius 1 is 1.08 bits per heavy atom. The molecule has 0 spiro atoms. The van der Waals surface area contributed by atoms with Gasteiger partial charge in [-0.3, -0.25) is 4.79 Å². The van der Waals surface area contributed by atoms with Crippen molar-refractivity contribution in [3.63, 3.8) is 0 Å². The molecular formula is C17H18BrFN2O4. The second kappa shape index (κ2) is 8.06. The molecule has 0 aliphatic heterocycles. The average Bonchev–Trinajstić information content (AvgIpc) is 2.57. The quantitative estimate of drug-likeness (QED) is 0.728. The molecule has 0 aliphatic carbocycles. The summed E-state index contributed by atoms with van der Waals surface area (Å²) in [5, 5.41) is 3.01. The van der Waals surface area contributed by atoms with E-state index in [1.54, 1.807) is 18.2 Å². The van der Waals surface area contributed by atoms with Gasteiger partial charge >= 0.3 is 0 Å². The summed E-state index contributed by atoms with van der Waals surface area (Å²) in [4.78, 5) is 11.5. The minimum atomic E-state index is -0.855. The van der Waals surface area contributed by atoms with Crippen molar-refractivity contribution in [2.75, 3.05) is 26.6 Å². The summed E-state index contributed by atoms with van der Waals surface area (Å²) in [6.07, 6.45) is 0. The number of nitrogens with two attached hydrogens (primary N) is 1. The monoisotopic (exact) mass is 412 g/mol. The molecule has 0 unspecified atom stereocenters. The summed E-state index contributed by atoms with van der Waals surface area (Å²) in [5.41, 5.74) is 6.08. The molecule has 25 heavy (non-hydrogen) atoms. The summed E-state index contributed by atoms with van der Waals surface area (Å²) >= 11 is 3.20. The number of carbonyl (C=O) groups is 1. The van der Waals surface area contributed by atoms with E-state index in [0.717, 1.165) is 5.56 Å². The molecule has 0 saturated heterocycles. The van der Waals surface area contributed by atoms with Gasteiger partial charge in [0.25, 0.3) is 5.91 Å². The first-order valence-corrected chi connectivity index (χ1v) is 8.02. The molecule has 0 saturated carbocycles. The number of anilines is 1. The highest BCUT2D eigenvalue weighted by Gasteiger charge is 2.17. The van der Waals surface area contributed by atoms with Gasteiger partial charge in [0, 0.05) is 22.6 Å². The molecule has 0 fully saturated rings. The normalized spacial score (nSPS) is 10.3. The van der Waals surface area contributed by atoms with E-state index < -0.39 is 11.7 Å². The molecule has 3 N–H and O–H groups in total. The van der Waals surface area contributed by atoms with Crippen LogP contribution in [0.15, 0.2) is 28.7 Å². The van der Waals surface area contributed by atoms with Gasteiger partial charge in [-0.2, -0.15) is 0 Å². The lowest BCUT2D eigenvalue weighted by Gasteiger charge is -2.16. The van der Waals surface area contributed by atoms with Crippen LogP contribution in [0.25, 0.3) is 0 Å². The van der Waals surface area contributed by atoms with Crippen LogP contribution in [0.2, 0.25) is 0 Å². The van der Waals surface area contributed by atoms with Crippen molar-refractivity contribution in [1.29, 1.82) is 0 Å². The maximum atomic E-state index is 14.0. The van der Waals surface area contributed by atoms with Crippen LogP contribution < -0.4 is 25.3 Å². The van der Waals surface area contributed by atoms with Crippen LogP contribution in [-0.2, 0) is 6.54 Å². The topological polar surface area (TPSA) is 82.8 Å². The van der Waals surface area contributed by atoms with Crippen molar-refractivity contribution < 1.29 is 23.4 Å². The zero-order valence-corrected chi connectivity index (χ0v) is 15.6. The first-order valence-electron chi connectivity index (χ1n) is 7.22. The number of halogens is 2. The van der Waals surface area contributed by atoms with Crippen LogP contribution in [0.5, 0.6) is 17.2 Å². The summed E-state index contributed by atoms with van der Waals surface area (Å²) < 4.78 is 30.4. The lowest BCUT2D eigenvalue weighted by atomic mass is 10.1. The van der Waals surface area contributed by atoms with E-state index >= 15 is 0 Å². The third kappa shape index (κ3) is 4.14. The molecule has 0 aliphatic rings. The molecule has 1 amide bonds. The first kappa shape index (κ1) is 18.9. The largest absolute Gasteiger partial charge is 0.496 e. The van der Waals surface area contributed by atoms with Crippen molar-refractivity contribution >= 4 is 27.5 Å². The Morgan fingerprint density at radius 2 is 1.68 bits per heavy atom. The van der Waals surface area contributed by atoms with Gasteiger partial charge in [0.1, 0.15) is 11.6 Å². The number of carbonyl (C=O) groups excluding carboxylic acids is 1. The number of rotatable bonds is 7. The molecule has 8 heteroatoms. The fourth-order valence-electron chi connectivity index (χ4n) is 2.38. The second-order valence-corrected chi connectivity index (χ2v) is 5.96. The molecule has 0 atom stereocenters. The number of hydrogen-bond donors (Lipinski definition) is 2. The number of ether oxygens (including phenoxy) is 3. The Kier molecular flexibility index (Phi) is 6.08. The summed E-state index contributed by atoms with van der Waals surface area (Å²) in [5.74, 6) is 0.0433. The fraction of sp³-hybridized carbons (Fsp3) is 0.235. The highest BCUT2D eigenvalue weighted by Crippen LogP contribution is 2.35. The van der Waals surface area contributed by atoms with Crippen molar-refractivity contribution in [2.24, 2.45) is 5.73 Å². The van der Waals surface area contributed by atoms with Gasteiger partial charge in [0.15, 0.2) is 11.5 Å². The van der Waals surface area contributed by atoms with Crippen LogP contribution in [0.4, 0.5) is 10.1 Å². The first-order chi connectivity index (χ1) is 11.9. The maximum Gasteiger partial charge on any atom is 0.253 e. The van der Waals surface area contributed by atoms with Crippen LogP contribution >= 0.6 is 15.9 Å². The maximum absolute atomic E-state index is 14.0. The highest BCUT2D eigenvalue weighted by molar-refractivity contribution is 9.10. The van der Waals surface area contributed by atoms with Gasteiger partial charge in [-0.25, -0.2) is 4.39 Å². The highest BCUT2D eigenvalue weighted by atomic mass is 79.9. The minimum absolute atomic E-state index is 0.206. The molecule has 134 valence electrons. The van der Waals surface area contributed by atoms with E-state index in [4.69, 9.17) is 19.9 Å². The number of methoxy groups -OCH3 is 3. The number of primary amides is 1.